The highest BCUT2D eigenvalue weighted by Crippen LogP contribution is 2.43. The number of fused-ring (bicyclic) bond motifs is 4. The number of amides is 1. The zero-order valence-corrected chi connectivity index (χ0v) is 27.6. The molecule has 0 saturated carbocycles. The molecule has 9 rings (SSSR count). The maximum absolute atomic E-state index is 13.1. The van der Waals surface area contributed by atoms with E-state index < -0.39 is 0 Å². The highest BCUT2D eigenvalue weighted by molar-refractivity contribution is 6.12. The normalized spacial score (nSPS) is 12.4. The van der Waals surface area contributed by atoms with Crippen molar-refractivity contribution >= 4 is 61.8 Å². The summed E-state index contributed by atoms with van der Waals surface area (Å²) in [6, 6.07) is 61.8. The third-order valence-electron chi connectivity index (χ3n) is 9.64. The van der Waals surface area contributed by atoms with Crippen LogP contribution in [0.1, 0.15) is 15.9 Å². The summed E-state index contributed by atoms with van der Waals surface area (Å²) in [7, 11) is 1.86. The Kier molecular flexibility index (Phi) is 7.17. The van der Waals surface area contributed by atoms with E-state index in [-0.39, 0.29) is 5.91 Å². The van der Waals surface area contributed by atoms with Crippen LogP contribution in [0.25, 0.3) is 27.5 Å². The van der Waals surface area contributed by atoms with Crippen LogP contribution in [0.3, 0.4) is 0 Å². The number of anilines is 6. The minimum absolute atomic E-state index is 0.0647. The molecule has 2 heterocycles. The molecule has 0 bridgehead atoms. The van der Waals surface area contributed by atoms with Crippen molar-refractivity contribution in [3.8, 4) is 5.69 Å². The first kappa shape index (κ1) is 29.5. The van der Waals surface area contributed by atoms with Crippen LogP contribution in [-0.4, -0.2) is 22.4 Å². The number of aromatic nitrogens is 1. The van der Waals surface area contributed by atoms with Crippen molar-refractivity contribution < 1.29 is 4.79 Å². The zero-order chi connectivity index (χ0) is 33.6. The molecule has 0 spiro atoms. The van der Waals surface area contributed by atoms with Crippen molar-refractivity contribution in [3.05, 3.63) is 187 Å². The molecule has 5 heteroatoms. The molecule has 0 atom stereocenters. The first-order valence-electron chi connectivity index (χ1n) is 16.9. The summed E-state index contributed by atoms with van der Waals surface area (Å²) in [5.74, 6) is 0.0647. The highest BCUT2D eigenvalue weighted by atomic mass is 16.2. The number of benzene rings is 7. The third-order valence-corrected chi connectivity index (χ3v) is 9.64. The Bertz CT molecular complexity index is 2270. The van der Waals surface area contributed by atoms with Gasteiger partial charge in [0.05, 0.1) is 11.0 Å². The Morgan fingerprint density at radius 1 is 0.460 bits per heavy atom. The second-order valence-corrected chi connectivity index (χ2v) is 12.8. The summed E-state index contributed by atoms with van der Waals surface area (Å²) in [5.41, 5.74) is 11.4. The van der Waals surface area contributed by atoms with E-state index >= 15 is 0 Å². The van der Waals surface area contributed by atoms with Crippen LogP contribution in [0.2, 0.25) is 0 Å². The summed E-state index contributed by atoms with van der Waals surface area (Å²) in [6.07, 6.45) is 0. The monoisotopic (exact) mass is 646 g/mol. The number of carbonyl (C=O) groups excluding carboxylic acids is 1. The Morgan fingerprint density at radius 2 is 0.880 bits per heavy atom. The van der Waals surface area contributed by atoms with Crippen LogP contribution in [0.4, 0.5) is 34.1 Å². The summed E-state index contributed by atoms with van der Waals surface area (Å²) in [6.45, 7) is 0.637. The molecule has 0 radical (unpaired) electrons. The standard InChI is InChI=1S/C45H34N4O/c1-46-31-32-22-23-39(28-40(32)45(46)50)49-43-26-24-37(47(33-14-6-2-7-15-33)34-16-8-3-9-17-34)29-41(43)42-30-38(25-27-44(42)49)48(35-18-10-4-11-19-35)36-20-12-5-13-21-36/h2-30H,31H2,1H3. The van der Waals surface area contributed by atoms with E-state index in [0.717, 1.165) is 72.7 Å². The maximum Gasteiger partial charge on any atom is 0.254 e. The summed E-state index contributed by atoms with van der Waals surface area (Å²) in [5, 5.41) is 2.25. The molecule has 240 valence electrons. The van der Waals surface area contributed by atoms with E-state index in [2.05, 4.69) is 190 Å². The number of para-hydroxylation sites is 4. The second kappa shape index (κ2) is 12.1. The van der Waals surface area contributed by atoms with Gasteiger partial charge in [-0.3, -0.25) is 4.79 Å². The van der Waals surface area contributed by atoms with Gasteiger partial charge in [0.25, 0.3) is 5.91 Å². The van der Waals surface area contributed by atoms with Crippen LogP contribution in [-0.2, 0) is 6.54 Å². The largest absolute Gasteiger partial charge is 0.337 e. The van der Waals surface area contributed by atoms with Crippen LogP contribution in [0.15, 0.2) is 176 Å². The molecule has 8 aromatic rings. The molecule has 0 fully saturated rings. The highest BCUT2D eigenvalue weighted by Gasteiger charge is 2.26. The lowest BCUT2D eigenvalue weighted by molar-refractivity contribution is 0.0816. The van der Waals surface area contributed by atoms with Gasteiger partial charge in [0.2, 0.25) is 0 Å². The van der Waals surface area contributed by atoms with Gasteiger partial charge in [-0.2, -0.15) is 0 Å². The van der Waals surface area contributed by atoms with Gasteiger partial charge in [0.1, 0.15) is 0 Å². The first-order chi connectivity index (χ1) is 24.6. The summed E-state index contributed by atoms with van der Waals surface area (Å²) >= 11 is 0. The van der Waals surface area contributed by atoms with Gasteiger partial charge in [-0.15, -0.1) is 0 Å². The molecular formula is C45H34N4O. The number of hydrogen-bond donors (Lipinski definition) is 0. The van der Waals surface area contributed by atoms with Crippen molar-refractivity contribution in [3.63, 3.8) is 0 Å². The van der Waals surface area contributed by atoms with E-state index in [9.17, 15) is 4.79 Å². The first-order valence-corrected chi connectivity index (χ1v) is 16.9. The molecule has 1 amide bonds. The maximum atomic E-state index is 13.1. The minimum atomic E-state index is 0.0647. The summed E-state index contributed by atoms with van der Waals surface area (Å²) < 4.78 is 2.30. The molecule has 0 unspecified atom stereocenters. The molecule has 0 aliphatic carbocycles. The lowest BCUT2D eigenvalue weighted by Gasteiger charge is -2.26. The molecule has 0 N–H and O–H groups in total. The Labute approximate surface area is 291 Å². The van der Waals surface area contributed by atoms with E-state index in [1.165, 1.54) is 0 Å². The molecule has 1 aliphatic rings. The van der Waals surface area contributed by atoms with Crippen LogP contribution in [0.5, 0.6) is 0 Å². The quantitative estimate of drug-likeness (QED) is 0.173. The molecule has 7 aromatic carbocycles. The number of nitrogens with zero attached hydrogens (tertiary/aromatic N) is 4. The predicted molar refractivity (Wildman–Crippen MR) is 206 cm³/mol. The van der Waals surface area contributed by atoms with Gasteiger partial charge in [0, 0.05) is 69.7 Å². The fourth-order valence-corrected chi connectivity index (χ4v) is 7.33. The predicted octanol–water partition coefficient (Wildman–Crippen LogP) is 11.3. The molecule has 1 aromatic heterocycles. The number of hydrogen-bond acceptors (Lipinski definition) is 3. The van der Waals surface area contributed by atoms with Gasteiger partial charge in [-0.25, -0.2) is 0 Å². The van der Waals surface area contributed by atoms with E-state index in [4.69, 9.17) is 0 Å². The lowest BCUT2D eigenvalue weighted by Crippen LogP contribution is -2.17. The molecule has 5 nitrogen and oxygen atoms in total. The Morgan fingerprint density at radius 3 is 1.30 bits per heavy atom. The van der Waals surface area contributed by atoms with Gasteiger partial charge >= 0.3 is 0 Å². The van der Waals surface area contributed by atoms with Gasteiger partial charge in [-0.1, -0.05) is 78.9 Å². The van der Waals surface area contributed by atoms with E-state index in [1.807, 2.05) is 7.05 Å². The SMILES string of the molecule is CN1Cc2ccc(-n3c4ccc(N(c5ccccc5)c5ccccc5)cc4c4cc(N(c5ccccc5)c5ccccc5)ccc43)cc2C1=O. The second-order valence-electron chi connectivity index (χ2n) is 12.8. The van der Waals surface area contributed by atoms with Crippen molar-refractivity contribution in [2.75, 3.05) is 16.8 Å². The number of carbonyl (C=O) groups is 1. The molecule has 50 heavy (non-hydrogen) atoms. The molecule has 1 aliphatic heterocycles. The van der Waals surface area contributed by atoms with Crippen molar-refractivity contribution in [2.24, 2.45) is 0 Å². The lowest BCUT2D eigenvalue weighted by atomic mass is 10.1. The van der Waals surface area contributed by atoms with Crippen LogP contribution < -0.4 is 9.80 Å². The number of rotatable bonds is 7. The average Bonchev–Trinajstić information content (AvgIpc) is 3.65. The van der Waals surface area contributed by atoms with Gasteiger partial charge < -0.3 is 19.3 Å². The fraction of sp³-hybridized carbons (Fsp3) is 0.0444. The fourth-order valence-electron chi connectivity index (χ4n) is 7.33. The molecular weight excluding hydrogens is 613 g/mol. The van der Waals surface area contributed by atoms with E-state index in [1.54, 1.807) is 4.90 Å². The van der Waals surface area contributed by atoms with Crippen molar-refractivity contribution in [2.45, 2.75) is 6.54 Å². The van der Waals surface area contributed by atoms with Gasteiger partial charge in [0.15, 0.2) is 0 Å². The topological polar surface area (TPSA) is 31.7 Å². The average molecular weight is 647 g/mol. The van der Waals surface area contributed by atoms with Crippen molar-refractivity contribution in [1.82, 2.24) is 9.47 Å². The summed E-state index contributed by atoms with van der Waals surface area (Å²) in [4.78, 5) is 19.5. The van der Waals surface area contributed by atoms with E-state index in [0.29, 0.717) is 6.54 Å². The Hall–Kier alpha value is -6.59. The van der Waals surface area contributed by atoms with Crippen molar-refractivity contribution in [1.29, 1.82) is 0 Å². The van der Waals surface area contributed by atoms with Crippen LogP contribution >= 0.6 is 0 Å². The Balaban J connectivity index is 1.30. The van der Waals surface area contributed by atoms with Gasteiger partial charge in [-0.05, 0) is 103 Å². The zero-order valence-electron chi connectivity index (χ0n) is 27.6. The third kappa shape index (κ3) is 4.99. The molecule has 0 saturated heterocycles. The minimum Gasteiger partial charge on any atom is -0.337 e. The smallest absolute Gasteiger partial charge is 0.254 e. The van der Waals surface area contributed by atoms with Crippen LogP contribution in [0, 0.1) is 0 Å².